The molecule has 0 fully saturated rings. The van der Waals surface area contributed by atoms with Gasteiger partial charge in [0.1, 0.15) is 11.6 Å². The lowest BCUT2D eigenvalue weighted by Gasteiger charge is -2.14. The van der Waals surface area contributed by atoms with E-state index in [1.165, 1.54) is 12.1 Å². The second kappa shape index (κ2) is 6.01. The van der Waals surface area contributed by atoms with Crippen molar-refractivity contribution in [1.29, 1.82) is 0 Å². The van der Waals surface area contributed by atoms with Gasteiger partial charge in [-0.2, -0.15) is 0 Å². The number of primary amides is 1. The summed E-state index contributed by atoms with van der Waals surface area (Å²) in [4.78, 5) is 23.4. The highest BCUT2D eigenvalue weighted by molar-refractivity contribution is 5.95. The number of carbonyl (C=O) groups is 1. The Morgan fingerprint density at radius 2 is 2.20 bits per heavy atom. The van der Waals surface area contributed by atoms with Gasteiger partial charge in [-0.1, -0.05) is 12.1 Å². The molecular formula is C18H16FN5O. The minimum absolute atomic E-state index is 0.126. The highest BCUT2D eigenvalue weighted by atomic mass is 19.1. The average Bonchev–Trinajstić information content (AvgIpc) is 3.06. The van der Waals surface area contributed by atoms with E-state index in [9.17, 15) is 9.18 Å². The van der Waals surface area contributed by atoms with Crippen molar-refractivity contribution in [1.82, 2.24) is 20.3 Å². The Morgan fingerprint density at radius 1 is 1.32 bits per heavy atom. The number of aromatic amines is 1. The van der Waals surface area contributed by atoms with Crippen molar-refractivity contribution < 1.29 is 9.18 Å². The number of rotatable bonds is 3. The molecule has 1 aliphatic heterocycles. The molecule has 2 aromatic heterocycles. The number of H-pyrrole nitrogens is 1. The SMILES string of the molecule is NC(=O)c1ccc(-c2ccnc3nc(C4C=CNCC4)[nH]c23)cc1F. The van der Waals surface area contributed by atoms with Gasteiger partial charge in [0.2, 0.25) is 0 Å². The summed E-state index contributed by atoms with van der Waals surface area (Å²) in [6, 6.07) is 6.16. The zero-order chi connectivity index (χ0) is 17.4. The number of allylic oxidation sites excluding steroid dienone is 1. The number of nitrogens with two attached hydrogens (primary N) is 1. The van der Waals surface area contributed by atoms with E-state index in [1.54, 1.807) is 18.3 Å². The molecule has 1 unspecified atom stereocenters. The molecule has 0 spiro atoms. The van der Waals surface area contributed by atoms with Crippen LogP contribution in [0.2, 0.25) is 0 Å². The van der Waals surface area contributed by atoms with Crippen LogP contribution in [0.25, 0.3) is 22.3 Å². The van der Waals surface area contributed by atoms with Crippen LogP contribution in [0.5, 0.6) is 0 Å². The van der Waals surface area contributed by atoms with Crippen LogP contribution in [0.3, 0.4) is 0 Å². The van der Waals surface area contributed by atoms with Crippen LogP contribution in [-0.4, -0.2) is 27.4 Å². The van der Waals surface area contributed by atoms with Crippen LogP contribution in [0.1, 0.15) is 28.5 Å². The third-order valence-electron chi connectivity index (χ3n) is 4.35. The van der Waals surface area contributed by atoms with Crippen LogP contribution in [0.4, 0.5) is 4.39 Å². The van der Waals surface area contributed by atoms with Crippen LogP contribution in [-0.2, 0) is 0 Å². The Hall–Kier alpha value is -3.22. The maximum atomic E-state index is 14.1. The number of hydrogen-bond donors (Lipinski definition) is 3. The molecule has 0 radical (unpaired) electrons. The fourth-order valence-corrected chi connectivity index (χ4v) is 3.06. The minimum atomic E-state index is -0.787. The first-order chi connectivity index (χ1) is 12.1. The van der Waals surface area contributed by atoms with E-state index in [2.05, 4.69) is 26.3 Å². The Kier molecular flexibility index (Phi) is 3.68. The summed E-state index contributed by atoms with van der Waals surface area (Å²) < 4.78 is 14.1. The van der Waals surface area contributed by atoms with Crippen LogP contribution in [0.15, 0.2) is 42.7 Å². The van der Waals surface area contributed by atoms with E-state index in [0.717, 1.165) is 29.9 Å². The van der Waals surface area contributed by atoms with Gasteiger partial charge in [0, 0.05) is 24.2 Å². The molecule has 126 valence electrons. The Morgan fingerprint density at radius 3 is 2.92 bits per heavy atom. The predicted octanol–water partition coefficient (Wildman–Crippen LogP) is 2.45. The zero-order valence-electron chi connectivity index (χ0n) is 13.3. The van der Waals surface area contributed by atoms with Crippen molar-refractivity contribution in [3.8, 4) is 11.1 Å². The lowest BCUT2D eigenvalue weighted by atomic mass is 10.0. The molecule has 1 amide bonds. The fraction of sp³-hybridized carbons (Fsp3) is 0.167. The number of nitrogens with zero attached hydrogens (tertiary/aromatic N) is 2. The summed E-state index contributed by atoms with van der Waals surface area (Å²) in [7, 11) is 0. The molecule has 0 aliphatic carbocycles. The molecule has 1 aromatic carbocycles. The molecule has 0 saturated carbocycles. The van der Waals surface area contributed by atoms with E-state index >= 15 is 0 Å². The number of pyridine rings is 1. The Balaban J connectivity index is 1.81. The normalized spacial score (nSPS) is 16.8. The molecule has 0 bridgehead atoms. The van der Waals surface area contributed by atoms with Crippen molar-refractivity contribution in [2.24, 2.45) is 5.73 Å². The number of nitrogens with one attached hydrogen (secondary N) is 2. The summed E-state index contributed by atoms with van der Waals surface area (Å²) in [5, 5.41) is 3.16. The van der Waals surface area contributed by atoms with Gasteiger partial charge in [-0.25, -0.2) is 14.4 Å². The molecule has 7 heteroatoms. The number of imidazole rings is 1. The van der Waals surface area contributed by atoms with Gasteiger partial charge in [-0.3, -0.25) is 4.79 Å². The molecule has 6 nitrogen and oxygen atoms in total. The molecule has 1 atom stereocenters. The lowest BCUT2D eigenvalue weighted by Crippen LogP contribution is -2.16. The largest absolute Gasteiger partial charge is 0.391 e. The smallest absolute Gasteiger partial charge is 0.251 e. The molecule has 4 rings (SSSR count). The number of amides is 1. The van der Waals surface area contributed by atoms with Crippen molar-refractivity contribution in [2.45, 2.75) is 12.3 Å². The highest BCUT2D eigenvalue weighted by Gasteiger charge is 2.18. The lowest BCUT2D eigenvalue weighted by molar-refractivity contribution is 0.0996. The standard InChI is InChI=1S/C18H16FN5O/c19-14-9-11(1-2-13(14)16(20)25)12-5-8-22-18-15(12)23-17(24-18)10-3-6-21-7-4-10/h1-3,5-6,8-10,21H,4,7H2,(H2,20,25)(H,22,23,24). The van der Waals surface area contributed by atoms with E-state index in [-0.39, 0.29) is 11.5 Å². The molecule has 4 N–H and O–H groups in total. The number of hydrogen-bond acceptors (Lipinski definition) is 4. The van der Waals surface area contributed by atoms with Crippen LogP contribution in [0, 0.1) is 5.82 Å². The quantitative estimate of drug-likeness (QED) is 0.684. The van der Waals surface area contributed by atoms with Gasteiger partial charge >= 0.3 is 0 Å². The summed E-state index contributed by atoms with van der Waals surface area (Å²) >= 11 is 0. The van der Waals surface area contributed by atoms with E-state index < -0.39 is 11.7 Å². The third-order valence-corrected chi connectivity index (χ3v) is 4.35. The maximum absolute atomic E-state index is 14.1. The van der Waals surface area contributed by atoms with Crippen molar-refractivity contribution in [2.75, 3.05) is 6.54 Å². The van der Waals surface area contributed by atoms with E-state index in [0.29, 0.717) is 11.2 Å². The second-order valence-electron chi connectivity index (χ2n) is 5.95. The van der Waals surface area contributed by atoms with Crippen LogP contribution < -0.4 is 11.1 Å². The van der Waals surface area contributed by atoms with Crippen LogP contribution >= 0.6 is 0 Å². The number of fused-ring (bicyclic) bond motifs is 1. The number of carbonyl (C=O) groups excluding carboxylic acids is 1. The molecule has 0 saturated heterocycles. The third kappa shape index (κ3) is 2.73. The van der Waals surface area contributed by atoms with Gasteiger partial charge in [0.25, 0.3) is 5.91 Å². The van der Waals surface area contributed by atoms with Crippen molar-refractivity contribution in [3.63, 3.8) is 0 Å². The molecular weight excluding hydrogens is 321 g/mol. The number of benzene rings is 1. The first-order valence-corrected chi connectivity index (χ1v) is 7.98. The van der Waals surface area contributed by atoms with Gasteiger partial charge in [0.15, 0.2) is 5.65 Å². The highest BCUT2D eigenvalue weighted by Crippen LogP contribution is 2.30. The number of halogens is 1. The minimum Gasteiger partial charge on any atom is -0.391 e. The second-order valence-corrected chi connectivity index (χ2v) is 5.95. The Labute approximate surface area is 143 Å². The van der Waals surface area contributed by atoms with E-state index in [4.69, 9.17) is 5.73 Å². The summed E-state index contributed by atoms with van der Waals surface area (Å²) in [6.07, 6.45) is 6.56. The van der Waals surface area contributed by atoms with Crippen molar-refractivity contribution in [3.05, 3.63) is 59.9 Å². The molecule has 25 heavy (non-hydrogen) atoms. The molecule has 1 aliphatic rings. The van der Waals surface area contributed by atoms with Gasteiger partial charge in [0.05, 0.1) is 11.1 Å². The Bertz CT molecular complexity index is 994. The summed E-state index contributed by atoms with van der Waals surface area (Å²) in [5.74, 6) is -0.402. The summed E-state index contributed by atoms with van der Waals surface area (Å²) in [5.41, 5.74) is 7.77. The zero-order valence-corrected chi connectivity index (χ0v) is 13.3. The molecule has 3 aromatic rings. The van der Waals surface area contributed by atoms with Gasteiger partial charge in [-0.05, 0) is 36.4 Å². The van der Waals surface area contributed by atoms with Crippen molar-refractivity contribution >= 4 is 17.1 Å². The average molecular weight is 337 g/mol. The molecule has 3 heterocycles. The number of aromatic nitrogens is 3. The monoisotopic (exact) mass is 337 g/mol. The fourth-order valence-electron chi connectivity index (χ4n) is 3.06. The predicted molar refractivity (Wildman–Crippen MR) is 92.3 cm³/mol. The van der Waals surface area contributed by atoms with Gasteiger partial charge in [-0.15, -0.1) is 0 Å². The maximum Gasteiger partial charge on any atom is 0.251 e. The van der Waals surface area contributed by atoms with Gasteiger partial charge < -0.3 is 16.0 Å². The topological polar surface area (TPSA) is 96.7 Å². The van der Waals surface area contributed by atoms with E-state index in [1.807, 2.05) is 6.20 Å². The first kappa shape index (κ1) is 15.3. The summed E-state index contributed by atoms with van der Waals surface area (Å²) in [6.45, 7) is 0.887. The first-order valence-electron chi connectivity index (χ1n) is 7.98.